The molecule has 88 valence electrons. The van der Waals surface area contributed by atoms with Crippen LogP contribution in [0.25, 0.3) is 0 Å². The number of nitrogens with two attached hydrogens (primary N) is 1. The van der Waals surface area contributed by atoms with Gasteiger partial charge in [-0.25, -0.2) is 13.1 Å². The topological polar surface area (TPSA) is 72.2 Å². The molecular weight excluding hydrogens is 224 g/mol. The Morgan fingerprint density at radius 2 is 2.12 bits per heavy atom. The molecule has 1 aliphatic carbocycles. The third kappa shape index (κ3) is 2.42. The van der Waals surface area contributed by atoms with Crippen molar-refractivity contribution in [3.63, 3.8) is 0 Å². The van der Waals surface area contributed by atoms with Gasteiger partial charge in [0.05, 0.1) is 4.90 Å². The fourth-order valence-corrected chi connectivity index (χ4v) is 3.16. The minimum atomic E-state index is -3.34. The van der Waals surface area contributed by atoms with Crippen LogP contribution < -0.4 is 10.5 Å². The summed E-state index contributed by atoms with van der Waals surface area (Å²) in [7, 11) is -3.34. The second-order valence-electron chi connectivity index (χ2n) is 4.20. The van der Waals surface area contributed by atoms with Crippen LogP contribution in [0, 0.1) is 6.92 Å². The SMILES string of the molecule is Cc1cc(CN)ccc1S(=O)(=O)NC1CC1. The Morgan fingerprint density at radius 1 is 1.44 bits per heavy atom. The van der Waals surface area contributed by atoms with E-state index in [1.807, 2.05) is 6.07 Å². The van der Waals surface area contributed by atoms with Crippen molar-refractivity contribution in [1.82, 2.24) is 4.72 Å². The van der Waals surface area contributed by atoms with Crippen LogP contribution in [0.4, 0.5) is 0 Å². The molecule has 16 heavy (non-hydrogen) atoms. The first-order valence-electron chi connectivity index (χ1n) is 5.35. The van der Waals surface area contributed by atoms with E-state index in [1.165, 1.54) is 0 Å². The highest BCUT2D eigenvalue weighted by molar-refractivity contribution is 7.89. The first-order valence-corrected chi connectivity index (χ1v) is 6.83. The lowest BCUT2D eigenvalue weighted by atomic mass is 10.1. The van der Waals surface area contributed by atoms with Gasteiger partial charge in [0.2, 0.25) is 10.0 Å². The molecule has 1 aliphatic rings. The Hall–Kier alpha value is -0.910. The molecule has 0 amide bonds. The number of benzene rings is 1. The van der Waals surface area contributed by atoms with E-state index in [1.54, 1.807) is 19.1 Å². The summed E-state index contributed by atoms with van der Waals surface area (Å²) in [6, 6.07) is 5.34. The molecule has 0 bridgehead atoms. The van der Waals surface area contributed by atoms with Gasteiger partial charge < -0.3 is 5.73 Å². The van der Waals surface area contributed by atoms with Crippen LogP contribution >= 0.6 is 0 Å². The largest absolute Gasteiger partial charge is 0.326 e. The number of hydrogen-bond acceptors (Lipinski definition) is 3. The molecule has 0 radical (unpaired) electrons. The number of hydrogen-bond donors (Lipinski definition) is 2. The zero-order valence-corrected chi connectivity index (χ0v) is 10.0. The lowest BCUT2D eigenvalue weighted by Crippen LogP contribution is -2.26. The molecule has 0 unspecified atom stereocenters. The van der Waals surface area contributed by atoms with Gasteiger partial charge in [0.15, 0.2) is 0 Å². The van der Waals surface area contributed by atoms with Crippen molar-refractivity contribution in [3.05, 3.63) is 29.3 Å². The number of aryl methyl sites for hydroxylation is 1. The maximum Gasteiger partial charge on any atom is 0.241 e. The van der Waals surface area contributed by atoms with Crippen LogP contribution in [0.15, 0.2) is 23.1 Å². The summed E-state index contributed by atoms with van der Waals surface area (Å²) in [5.74, 6) is 0. The van der Waals surface area contributed by atoms with Gasteiger partial charge in [0, 0.05) is 12.6 Å². The van der Waals surface area contributed by atoms with Crippen LogP contribution in [0.2, 0.25) is 0 Å². The van der Waals surface area contributed by atoms with E-state index in [-0.39, 0.29) is 6.04 Å². The second kappa shape index (κ2) is 4.16. The predicted octanol–water partition coefficient (Wildman–Crippen LogP) is 0.894. The molecule has 1 aromatic rings. The maximum absolute atomic E-state index is 12.0. The molecule has 0 spiro atoms. The minimum Gasteiger partial charge on any atom is -0.326 e. The second-order valence-corrected chi connectivity index (χ2v) is 5.88. The molecule has 0 aliphatic heterocycles. The maximum atomic E-state index is 12.0. The smallest absolute Gasteiger partial charge is 0.241 e. The molecule has 4 nitrogen and oxygen atoms in total. The van der Waals surface area contributed by atoms with Crippen molar-refractivity contribution in [3.8, 4) is 0 Å². The van der Waals surface area contributed by atoms with Crippen molar-refractivity contribution in [2.24, 2.45) is 5.73 Å². The van der Waals surface area contributed by atoms with Crippen molar-refractivity contribution in [2.45, 2.75) is 37.2 Å². The van der Waals surface area contributed by atoms with Gasteiger partial charge in [-0.3, -0.25) is 0 Å². The van der Waals surface area contributed by atoms with Gasteiger partial charge in [-0.1, -0.05) is 12.1 Å². The fourth-order valence-electron chi connectivity index (χ4n) is 1.62. The summed E-state index contributed by atoms with van der Waals surface area (Å²) < 4.78 is 26.6. The number of nitrogens with one attached hydrogen (secondary N) is 1. The van der Waals surface area contributed by atoms with Crippen molar-refractivity contribution < 1.29 is 8.42 Å². The van der Waals surface area contributed by atoms with Crippen LogP contribution in [-0.2, 0) is 16.6 Å². The van der Waals surface area contributed by atoms with Crippen molar-refractivity contribution in [2.75, 3.05) is 0 Å². The van der Waals surface area contributed by atoms with Crippen molar-refractivity contribution in [1.29, 1.82) is 0 Å². The first kappa shape index (κ1) is 11.6. The third-order valence-electron chi connectivity index (χ3n) is 2.66. The van der Waals surface area contributed by atoms with Gasteiger partial charge >= 0.3 is 0 Å². The highest BCUT2D eigenvalue weighted by Crippen LogP contribution is 2.23. The van der Waals surface area contributed by atoms with Crippen molar-refractivity contribution >= 4 is 10.0 Å². The van der Waals surface area contributed by atoms with Gasteiger partial charge in [-0.05, 0) is 37.0 Å². The zero-order chi connectivity index (χ0) is 11.8. The molecule has 3 N–H and O–H groups in total. The molecule has 1 saturated carbocycles. The van der Waals surface area contributed by atoms with Crippen LogP contribution in [-0.4, -0.2) is 14.5 Å². The molecule has 0 heterocycles. The number of rotatable bonds is 4. The third-order valence-corrected chi connectivity index (χ3v) is 4.34. The molecule has 0 saturated heterocycles. The average Bonchev–Trinajstić information content (AvgIpc) is 3.00. The highest BCUT2D eigenvalue weighted by Gasteiger charge is 2.28. The van der Waals surface area contributed by atoms with E-state index in [0.29, 0.717) is 11.4 Å². The summed E-state index contributed by atoms with van der Waals surface area (Å²) >= 11 is 0. The summed E-state index contributed by atoms with van der Waals surface area (Å²) in [6.07, 6.45) is 1.89. The summed E-state index contributed by atoms with van der Waals surface area (Å²) in [4.78, 5) is 0.358. The average molecular weight is 240 g/mol. The quantitative estimate of drug-likeness (QED) is 0.821. The highest BCUT2D eigenvalue weighted by atomic mass is 32.2. The normalized spacial score (nSPS) is 16.4. The monoisotopic (exact) mass is 240 g/mol. The Bertz CT molecular complexity index is 493. The minimum absolute atomic E-state index is 0.138. The lowest BCUT2D eigenvalue weighted by molar-refractivity contribution is 0.580. The van der Waals surface area contributed by atoms with Gasteiger partial charge in [0.1, 0.15) is 0 Å². The first-order chi connectivity index (χ1) is 7.53. The zero-order valence-electron chi connectivity index (χ0n) is 9.23. The molecule has 0 aromatic heterocycles. The van der Waals surface area contributed by atoms with Crippen LogP contribution in [0.5, 0.6) is 0 Å². The van der Waals surface area contributed by atoms with E-state index >= 15 is 0 Å². The predicted molar refractivity (Wildman–Crippen MR) is 62.4 cm³/mol. The molecular formula is C11H16N2O2S. The Balaban J connectivity index is 2.31. The van der Waals surface area contributed by atoms with E-state index in [2.05, 4.69) is 4.72 Å². The molecule has 5 heteroatoms. The summed E-state index contributed by atoms with van der Waals surface area (Å²) in [6.45, 7) is 2.22. The summed E-state index contributed by atoms with van der Waals surface area (Å²) in [5, 5.41) is 0. The van der Waals surface area contributed by atoms with Crippen LogP contribution in [0.1, 0.15) is 24.0 Å². The fraction of sp³-hybridized carbons (Fsp3) is 0.455. The van der Waals surface area contributed by atoms with E-state index in [0.717, 1.165) is 24.0 Å². The lowest BCUT2D eigenvalue weighted by Gasteiger charge is -2.09. The van der Waals surface area contributed by atoms with Gasteiger partial charge in [0.25, 0.3) is 0 Å². The number of sulfonamides is 1. The Labute approximate surface area is 95.9 Å². The molecule has 0 atom stereocenters. The van der Waals surface area contributed by atoms with E-state index in [4.69, 9.17) is 5.73 Å². The summed E-state index contributed by atoms with van der Waals surface area (Å²) in [5.41, 5.74) is 7.20. The standard InChI is InChI=1S/C11H16N2O2S/c1-8-6-9(7-12)2-5-11(8)16(14,15)13-10-3-4-10/h2,5-6,10,13H,3-4,7,12H2,1H3. The molecule has 1 fully saturated rings. The van der Waals surface area contributed by atoms with Crippen LogP contribution in [0.3, 0.4) is 0 Å². The molecule has 1 aromatic carbocycles. The van der Waals surface area contributed by atoms with Gasteiger partial charge in [-0.15, -0.1) is 0 Å². The molecule has 2 rings (SSSR count). The Kier molecular flexibility index (Phi) is 3.01. The van der Waals surface area contributed by atoms with E-state index < -0.39 is 10.0 Å². The Morgan fingerprint density at radius 3 is 2.62 bits per heavy atom. The van der Waals surface area contributed by atoms with E-state index in [9.17, 15) is 8.42 Å². The van der Waals surface area contributed by atoms with Gasteiger partial charge in [-0.2, -0.15) is 0 Å².